The molecule has 0 fully saturated rings. The average Bonchev–Trinajstić information content (AvgIpc) is 3.11. The smallest absolute Gasteiger partial charge is 0.231 e. The standard InChI is InChI=1S/C24H30N2O2/c1-6-9-26-21-10-16(2)18(11-20(21)17(3)13-24(26,4)5)14-25-19-7-8-22-23(12-19)28-15-27-22/h7-8,10-12,14,17H,6,9,13,15H2,1-5H3. The van der Waals surface area contributed by atoms with Crippen molar-refractivity contribution in [2.45, 2.75) is 58.9 Å². The van der Waals surface area contributed by atoms with Crippen LogP contribution in [0.25, 0.3) is 0 Å². The van der Waals surface area contributed by atoms with Gasteiger partial charge in [0.2, 0.25) is 6.79 Å². The Morgan fingerprint density at radius 2 is 1.96 bits per heavy atom. The van der Waals surface area contributed by atoms with Crippen LogP contribution in [0.1, 0.15) is 63.1 Å². The van der Waals surface area contributed by atoms with Gasteiger partial charge in [-0.1, -0.05) is 13.8 Å². The fourth-order valence-electron chi connectivity index (χ4n) is 4.55. The molecule has 0 saturated carbocycles. The zero-order valence-electron chi connectivity index (χ0n) is 17.6. The number of hydrogen-bond donors (Lipinski definition) is 0. The van der Waals surface area contributed by atoms with E-state index in [-0.39, 0.29) is 12.3 Å². The largest absolute Gasteiger partial charge is 0.454 e. The Hall–Kier alpha value is -2.49. The third-order valence-corrected chi connectivity index (χ3v) is 5.93. The molecule has 0 N–H and O–H groups in total. The molecule has 1 atom stereocenters. The number of aliphatic imine (C=N–C) groups is 1. The monoisotopic (exact) mass is 378 g/mol. The Morgan fingerprint density at radius 1 is 1.18 bits per heavy atom. The van der Waals surface area contributed by atoms with E-state index in [1.807, 2.05) is 24.4 Å². The Morgan fingerprint density at radius 3 is 2.75 bits per heavy atom. The van der Waals surface area contributed by atoms with Crippen LogP contribution in [0.5, 0.6) is 11.5 Å². The molecule has 28 heavy (non-hydrogen) atoms. The Balaban J connectivity index is 1.67. The summed E-state index contributed by atoms with van der Waals surface area (Å²) >= 11 is 0. The molecule has 0 saturated heterocycles. The number of aryl methyl sites for hydroxylation is 1. The van der Waals surface area contributed by atoms with Crippen LogP contribution in [0.3, 0.4) is 0 Å². The number of rotatable bonds is 4. The van der Waals surface area contributed by atoms with Gasteiger partial charge in [0, 0.05) is 30.1 Å². The fourth-order valence-corrected chi connectivity index (χ4v) is 4.55. The van der Waals surface area contributed by atoms with Crippen LogP contribution in [0.2, 0.25) is 0 Å². The molecule has 2 aromatic rings. The van der Waals surface area contributed by atoms with Gasteiger partial charge in [-0.2, -0.15) is 0 Å². The van der Waals surface area contributed by atoms with E-state index in [4.69, 9.17) is 14.5 Å². The third-order valence-electron chi connectivity index (χ3n) is 5.93. The van der Waals surface area contributed by atoms with Crippen LogP contribution >= 0.6 is 0 Å². The number of anilines is 1. The summed E-state index contributed by atoms with van der Waals surface area (Å²) in [6.45, 7) is 12.9. The second-order valence-corrected chi connectivity index (χ2v) is 8.63. The van der Waals surface area contributed by atoms with Gasteiger partial charge in [-0.05, 0) is 80.5 Å². The minimum Gasteiger partial charge on any atom is -0.454 e. The zero-order chi connectivity index (χ0) is 19.9. The summed E-state index contributed by atoms with van der Waals surface area (Å²) in [4.78, 5) is 7.29. The summed E-state index contributed by atoms with van der Waals surface area (Å²) in [7, 11) is 0. The van der Waals surface area contributed by atoms with Gasteiger partial charge in [0.1, 0.15) is 0 Å². The van der Waals surface area contributed by atoms with Crippen molar-refractivity contribution in [2.75, 3.05) is 18.2 Å². The average molecular weight is 379 g/mol. The van der Waals surface area contributed by atoms with E-state index in [2.05, 4.69) is 51.7 Å². The van der Waals surface area contributed by atoms with Crippen LogP contribution in [0.4, 0.5) is 11.4 Å². The first kappa shape index (κ1) is 18.9. The first-order valence-corrected chi connectivity index (χ1v) is 10.2. The van der Waals surface area contributed by atoms with Gasteiger partial charge >= 0.3 is 0 Å². The first-order valence-electron chi connectivity index (χ1n) is 10.2. The molecule has 4 nitrogen and oxygen atoms in total. The van der Waals surface area contributed by atoms with E-state index >= 15 is 0 Å². The molecular weight excluding hydrogens is 348 g/mol. The molecule has 4 rings (SSSR count). The molecule has 0 aliphatic carbocycles. The maximum absolute atomic E-state index is 5.46. The van der Waals surface area contributed by atoms with Crippen LogP contribution in [-0.4, -0.2) is 25.1 Å². The lowest BCUT2D eigenvalue weighted by atomic mass is 9.79. The lowest BCUT2D eigenvalue weighted by Gasteiger charge is -2.48. The van der Waals surface area contributed by atoms with Crippen molar-refractivity contribution >= 4 is 17.6 Å². The highest BCUT2D eigenvalue weighted by atomic mass is 16.7. The fraction of sp³-hybridized carbons (Fsp3) is 0.458. The molecule has 1 unspecified atom stereocenters. The summed E-state index contributed by atoms with van der Waals surface area (Å²) < 4.78 is 10.8. The molecule has 2 aliphatic heterocycles. The number of nitrogens with zero attached hydrogens (tertiary/aromatic N) is 2. The van der Waals surface area contributed by atoms with Crippen molar-refractivity contribution in [1.29, 1.82) is 0 Å². The molecule has 2 aromatic carbocycles. The Labute approximate surface area is 168 Å². The van der Waals surface area contributed by atoms with Crippen molar-refractivity contribution in [1.82, 2.24) is 0 Å². The van der Waals surface area contributed by atoms with Gasteiger partial charge in [-0.3, -0.25) is 4.99 Å². The van der Waals surface area contributed by atoms with Crippen LogP contribution in [-0.2, 0) is 0 Å². The highest BCUT2D eigenvalue weighted by Crippen LogP contribution is 2.44. The lowest BCUT2D eigenvalue weighted by Crippen LogP contribution is -2.48. The second-order valence-electron chi connectivity index (χ2n) is 8.63. The molecule has 0 spiro atoms. The molecule has 0 aromatic heterocycles. The predicted molar refractivity (Wildman–Crippen MR) is 116 cm³/mol. The number of benzene rings is 2. The van der Waals surface area contributed by atoms with Gasteiger partial charge in [0.15, 0.2) is 11.5 Å². The Bertz CT molecular complexity index is 917. The summed E-state index contributed by atoms with van der Waals surface area (Å²) in [5.41, 5.74) is 6.34. The van der Waals surface area contributed by atoms with Crippen molar-refractivity contribution in [3.8, 4) is 11.5 Å². The summed E-state index contributed by atoms with van der Waals surface area (Å²) in [6, 6.07) is 10.5. The number of hydrogen-bond acceptors (Lipinski definition) is 4. The zero-order valence-corrected chi connectivity index (χ0v) is 17.6. The van der Waals surface area contributed by atoms with Gasteiger partial charge in [-0.25, -0.2) is 0 Å². The minimum absolute atomic E-state index is 0.191. The highest BCUT2D eigenvalue weighted by molar-refractivity contribution is 5.86. The summed E-state index contributed by atoms with van der Waals surface area (Å²) in [5.74, 6) is 2.09. The first-order chi connectivity index (χ1) is 13.4. The maximum Gasteiger partial charge on any atom is 0.231 e. The number of ether oxygens (including phenoxy) is 2. The van der Waals surface area contributed by atoms with E-state index in [9.17, 15) is 0 Å². The third kappa shape index (κ3) is 3.36. The second kappa shape index (κ2) is 7.16. The molecule has 0 amide bonds. The van der Waals surface area contributed by atoms with Crippen molar-refractivity contribution in [3.05, 3.63) is 47.0 Å². The van der Waals surface area contributed by atoms with Crippen molar-refractivity contribution in [2.24, 2.45) is 4.99 Å². The lowest BCUT2D eigenvalue weighted by molar-refractivity contribution is 0.174. The molecule has 0 radical (unpaired) electrons. The quantitative estimate of drug-likeness (QED) is 0.614. The minimum atomic E-state index is 0.191. The van der Waals surface area contributed by atoms with Crippen LogP contribution in [0.15, 0.2) is 35.3 Å². The topological polar surface area (TPSA) is 34.1 Å². The predicted octanol–water partition coefficient (Wildman–Crippen LogP) is 5.98. The van der Waals surface area contributed by atoms with E-state index in [1.165, 1.54) is 28.8 Å². The summed E-state index contributed by atoms with van der Waals surface area (Å²) in [5, 5.41) is 0. The van der Waals surface area contributed by atoms with E-state index in [0.717, 1.165) is 30.2 Å². The van der Waals surface area contributed by atoms with Crippen molar-refractivity contribution in [3.63, 3.8) is 0 Å². The van der Waals surface area contributed by atoms with Crippen LogP contribution < -0.4 is 14.4 Å². The van der Waals surface area contributed by atoms with E-state index in [0.29, 0.717) is 5.92 Å². The number of fused-ring (bicyclic) bond motifs is 2. The van der Waals surface area contributed by atoms with Gasteiger partial charge in [0.25, 0.3) is 0 Å². The summed E-state index contributed by atoms with van der Waals surface area (Å²) in [6.07, 6.45) is 4.30. The molecule has 148 valence electrons. The van der Waals surface area contributed by atoms with Gasteiger partial charge in [-0.15, -0.1) is 0 Å². The molecular formula is C24H30N2O2. The Kier molecular flexibility index (Phi) is 4.82. The molecule has 2 heterocycles. The van der Waals surface area contributed by atoms with E-state index in [1.54, 1.807) is 0 Å². The normalized spacial score (nSPS) is 19.9. The van der Waals surface area contributed by atoms with Gasteiger partial charge < -0.3 is 14.4 Å². The van der Waals surface area contributed by atoms with Gasteiger partial charge in [0.05, 0.1) is 5.69 Å². The van der Waals surface area contributed by atoms with E-state index < -0.39 is 0 Å². The molecule has 4 heteroatoms. The maximum atomic E-state index is 5.46. The van der Waals surface area contributed by atoms with Crippen LogP contribution in [0, 0.1) is 6.92 Å². The highest BCUT2D eigenvalue weighted by Gasteiger charge is 2.36. The molecule has 0 bridgehead atoms. The van der Waals surface area contributed by atoms with Crippen molar-refractivity contribution < 1.29 is 9.47 Å². The SMILES string of the molecule is CCCN1c2cc(C)c(C=Nc3ccc4c(c3)OCO4)cc2C(C)CC1(C)C. The molecule has 2 aliphatic rings.